The largest absolute Gasteiger partial charge is 0.453 e. The van der Waals surface area contributed by atoms with E-state index in [4.69, 9.17) is 9.15 Å². The smallest absolute Gasteiger partial charge is 0.287 e. The third-order valence-electron chi connectivity index (χ3n) is 6.13. The molecule has 3 aromatic rings. The lowest BCUT2D eigenvalue weighted by Gasteiger charge is -2.22. The van der Waals surface area contributed by atoms with Crippen LogP contribution < -0.4 is 5.32 Å². The number of hydrogen-bond acceptors (Lipinski definition) is 6. The molecule has 182 valence electrons. The van der Waals surface area contributed by atoms with Gasteiger partial charge < -0.3 is 19.0 Å². The SMILES string of the molecule is COCc1ccc(C(=O)N[C@@H](CC(C)C)c2nnc3n2CCN(Cc2cccc(C)c2)CC3)o1. The van der Waals surface area contributed by atoms with Crippen LogP contribution in [0.4, 0.5) is 0 Å². The minimum atomic E-state index is -0.250. The summed E-state index contributed by atoms with van der Waals surface area (Å²) in [7, 11) is 1.60. The van der Waals surface area contributed by atoms with Crippen LogP contribution in [0.3, 0.4) is 0 Å². The number of methoxy groups -OCH3 is 1. The van der Waals surface area contributed by atoms with Crippen LogP contribution in [0.5, 0.6) is 0 Å². The number of carbonyl (C=O) groups is 1. The van der Waals surface area contributed by atoms with Crippen molar-refractivity contribution in [1.82, 2.24) is 25.0 Å². The lowest BCUT2D eigenvalue weighted by atomic mass is 10.0. The number of furan rings is 1. The minimum absolute atomic E-state index is 0.243. The summed E-state index contributed by atoms with van der Waals surface area (Å²) >= 11 is 0. The van der Waals surface area contributed by atoms with E-state index in [1.807, 2.05) is 0 Å². The fourth-order valence-electron chi connectivity index (χ4n) is 4.52. The molecular formula is C26H35N5O3. The molecule has 0 aliphatic carbocycles. The first-order valence-electron chi connectivity index (χ1n) is 12.0. The van der Waals surface area contributed by atoms with E-state index in [1.165, 1.54) is 11.1 Å². The van der Waals surface area contributed by atoms with Gasteiger partial charge in [-0.1, -0.05) is 43.7 Å². The highest BCUT2D eigenvalue weighted by Gasteiger charge is 2.27. The molecule has 1 atom stereocenters. The van der Waals surface area contributed by atoms with Crippen LogP contribution >= 0.6 is 0 Å². The van der Waals surface area contributed by atoms with Gasteiger partial charge in [-0.05, 0) is 37.0 Å². The molecule has 1 amide bonds. The molecule has 0 bridgehead atoms. The second-order valence-electron chi connectivity index (χ2n) is 9.50. The zero-order valence-electron chi connectivity index (χ0n) is 20.6. The molecule has 1 N–H and O–H groups in total. The summed E-state index contributed by atoms with van der Waals surface area (Å²) in [5.41, 5.74) is 2.61. The first kappa shape index (κ1) is 24.2. The van der Waals surface area contributed by atoms with Crippen LogP contribution in [0.25, 0.3) is 0 Å². The molecule has 34 heavy (non-hydrogen) atoms. The first-order valence-corrected chi connectivity index (χ1v) is 12.0. The molecule has 8 nitrogen and oxygen atoms in total. The average molecular weight is 466 g/mol. The highest BCUT2D eigenvalue weighted by atomic mass is 16.5. The van der Waals surface area contributed by atoms with Crippen molar-refractivity contribution in [3.63, 3.8) is 0 Å². The number of fused-ring (bicyclic) bond motifs is 1. The number of ether oxygens (including phenoxy) is 1. The van der Waals surface area contributed by atoms with Crippen molar-refractivity contribution >= 4 is 5.91 Å². The molecule has 1 aliphatic heterocycles. The van der Waals surface area contributed by atoms with Gasteiger partial charge in [0.25, 0.3) is 5.91 Å². The summed E-state index contributed by atoms with van der Waals surface area (Å²) < 4.78 is 12.9. The molecule has 0 unspecified atom stereocenters. The maximum absolute atomic E-state index is 13.0. The van der Waals surface area contributed by atoms with Gasteiger partial charge in [-0.3, -0.25) is 9.69 Å². The van der Waals surface area contributed by atoms with E-state index < -0.39 is 0 Å². The van der Waals surface area contributed by atoms with Crippen molar-refractivity contribution in [1.29, 1.82) is 0 Å². The van der Waals surface area contributed by atoms with Gasteiger partial charge in [0, 0.05) is 39.7 Å². The monoisotopic (exact) mass is 465 g/mol. The van der Waals surface area contributed by atoms with Gasteiger partial charge in [0.05, 0.1) is 6.04 Å². The Morgan fingerprint density at radius 3 is 2.79 bits per heavy atom. The number of nitrogens with zero attached hydrogens (tertiary/aromatic N) is 4. The molecular weight excluding hydrogens is 430 g/mol. The molecule has 8 heteroatoms. The Labute approximate surface area is 201 Å². The van der Waals surface area contributed by atoms with Gasteiger partial charge >= 0.3 is 0 Å². The standard InChI is InChI=1S/C26H35N5O3/c1-18(2)14-22(27-26(32)23-9-8-21(34-23)17-33-4)25-29-28-24-10-11-30(12-13-31(24)25)16-20-7-5-6-19(3)15-20/h5-9,15,18,22H,10-14,16-17H2,1-4H3,(H,27,32)/t22-/m0/s1. The van der Waals surface area contributed by atoms with Crippen LogP contribution in [0.15, 0.2) is 40.8 Å². The van der Waals surface area contributed by atoms with E-state index in [1.54, 1.807) is 19.2 Å². The van der Waals surface area contributed by atoms with Crippen molar-refractivity contribution in [2.24, 2.45) is 5.92 Å². The van der Waals surface area contributed by atoms with Crippen LogP contribution in [-0.2, 0) is 30.9 Å². The highest BCUT2D eigenvalue weighted by molar-refractivity contribution is 5.91. The summed E-state index contributed by atoms with van der Waals surface area (Å²) in [6, 6.07) is 11.9. The molecule has 3 heterocycles. The third-order valence-corrected chi connectivity index (χ3v) is 6.13. The Bertz CT molecular complexity index is 1100. The molecule has 0 saturated carbocycles. The lowest BCUT2D eigenvalue weighted by molar-refractivity contribution is 0.0892. The van der Waals surface area contributed by atoms with Crippen molar-refractivity contribution in [2.75, 3.05) is 20.2 Å². The van der Waals surface area contributed by atoms with E-state index in [2.05, 4.69) is 70.0 Å². The van der Waals surface area contributed by atoms with E-state index in [0.717, 1.165) is 50.7 Å². The van der Waals surface area contributed by atoms with Gasteiger partial charge in [0.15, 0.2) is 11.6 Å². The number of benzene rings is 1. The van der Waals surface area contributed by atoms with E-state index in [9.17, 15) is 4.79 Å². The Morgan fingerprint density at radius 2 is 2.03 bits per heavy atom. The third kappa shape index (κ3) is 5.93. The van der Waals surface area contributed by atoms with Crippen molar-refractivity contribution in [2.45, 2.75) is 59.4 Å². The number of aromatic nitrogens is 3. The normalized spacial score (nSPS) is 15.2. The fraction of sp³-hybridized carbons (Fsp3) is 0.500. The quantitative estimate of drug-likeness (QED) is 0.516. The first-order chi connectivity index (χ1) is 16.4. The van der Waals surface area contributed by atoms with E-state index in [0.29, 0.717) is 18.3 Å². The van der Waals surface area contributed by atoms with Crippen molar-refractivity contribution in [3.8, 4) is 0 Å². The van der Waals surface area contributed by atoms with Gasteiger partial charge in [0.1, 0.15) is 18.2 Å². The van der Waals surface area contributed by atoms with Gasteiger partial charge in [-0.25, -0.2) is 0 Å². The van der Waals surface area contributed by atoms with Crippen molar-refractivity contribution < 1.29 is 13.9 Å². The number of aryl methyl sites for hydroxylation is 1. The number of amides is 1. The Balaban J connectivity index is 1.48. The Kier molecular flexibility index (Phi) is 7.80. The minimum Gasteiger partial charge on any atom is -0.453 e. The number of carbonyl (C=O) groups excluding carboxylic acids is 1. The average Bonchev–Trinajstić information content (AvgIpc) is 3.38. The summed E-state index contributed by atoms with van der Waals surface area (Å²) in [5, 5.41) is 12.2. The van der Waals surface area contributed by atoms with Crippen LogP contribution in [0.1, 0.15) is 65.4 Å². The Hall–Kier alpha value is -2.97. The van der Waals surface area contributed by atoms with Crippen LogP contribution in [0, 0.1) is 12.8 Å². The lowest BCUT2D eigenvalue weighted by Crippen LogP contribution is -2.32. The van der Waals surface area contributed by atoms with E-state index in [-0.39, 0.29) is 17.7 Å². The zero-order valence-corrected chi connectivity index (χ0v) is 20.6. The van der Waals surface area contributed by atoms with Crippen LogP contribution in [0.2, 0.25) is 0 Å². The second kappa shape index (κ2) is 11.0. The summed E-state index contributed by atoms with van der Waals surface area (Å²) in [4.78, 5) is 15.4. The molecule has 2 aromatic heterocycles. The Morgan fingerprint density at radius 1 is 1.18 bits per heavy atom. The fourth-order valence-corrected chi connectivity index (χ4v) is 4.52. The molecule has 0 radical (unpaired) electrons. The summed E-state index contributed by atoms with van der Waals surface area (Å²) in [5.74, 6) is 2.82. The predicted molar refractivity (Wildman–Crippen MR) is 129 cm³/mol. The molecule has 1 aromatic carbocycles. The predicted octanol–water partition coefficient (Wildman–Crippen LogP) is 3.90. The summed E-state index contributed by atoms with van der Waals surface area (Å²) in [6.07, 6.45) is 1.60. The molecule has 1 aliphatic rings. The maximum atomic E-state index is 13.0. The molecule has 4 rings (SSSR count). The van der Waals surface area contributed by atoms with Gasteiger partial charge in [-0.2, -0.15) is 0 Å². The van der Waals surface area contributed by atoms with E-state index >= 15 is 0 Å². The number of nitrogens with one attached hydrogen (secondary N) is 1. The number of rotatable bonds is 9. The molecule has 0 saturated heterocycles. The molecule has 0 fully saturated rings. The van der Waals surface area contributed by atoms with Crippen LogP contribution in [-0.4, -0.2) is 45.8 Å². The topological polar surface area (TPSA) is 85.4 Å². The second-order valence-corrected chi connectivity index (χ2v) is 9.50. The maximum Gasteiger partial charge on any atom is 0.287 e. The highest BCUT2D eigenvalue weighted by Crippen LogP contribution is 2.23. The molecule has 0 spiro atoms. The number of hydrogen-bond donors (Lipinski definition) is 1. The van der Waals surface area contributed by atoms with Gasteiger partial charge in [-0.15, -0.1) is 10.2 Å². The van der Waals surface area contributed by atoms with Crippen molar-refractivity contribution in [3.05, 3.63) is 70.7 Å². The van der Waals surface area contributed by atoms with Gasteiger partial charge in [0.2, 0.25) is 0 Å². The zero-order chi connectivity index (χ0) is 24.1. The summed E-state index contributed by atoms with van der Waals surface area (Å²) in [6.45, 7) is 10.3.